The molecule has 1 aliphatic rings. The molecule has 1 aromatic heterocycles. The number of fused-ring (bicyclic) bond motifs is 1. The largest absolute Gasteiger partial charge is 0.315 e. The van der Waals surface area contributed by atoms with Gasteiger partial charge in [-0.1, -0.05) is 0 Å². The summed E-state index contributed by atoms with van der Waals surface area (Å²) >= 11 is 0. The summed E-state index contributed by atoms with van der Waals surface area (Å²) in [7, 11) is 1.75. The molecule has 0 aliphatic heterocycles. The van der Waals surface area contributed by atoms with Gasteiger partial charge in [0, 0.05) is 12.7 Å². The average molecular weight is 191 g/mol. The van der Waals surface area contributed by atoms with Crippen molar-refractivity contribution in [1.82, 2.24) is 4.57 Å². The van der Waals surface area contributed by atoms with E-state index in [0.29, 0.717) is 6.29 Å². The molecular weight excluding hydrogens is 178 g/mol. The van der Waals surface area contributed by atoms with Gasteiger partial charge in [-0.3, -0.25) is 9.59 Å². The van der Waals surface area contributed by atoms with E-state index in [9.17, 15) is 9.59 Å². The molecule has 1 aliphatic carbocycles. The number of hydrogen-bond acceptors (Lipinski definition) is 2. The number of aryl methyl sites for hydroxylation is 1. The second kappa shape index (κ2) is 3.40. The van der Waals surface area contributed by atoms with Gasteiger partial charge in [0.2, 0.25) is 0 Å². The molecule has 1 aromatic rings. The quantitative estimate of drug-likeness (QED) is 0.623. The number of aldehydes is 1. The van der Waals surface area contributed by atoms with Crippen LogP contribution in [0.1, 0.15) is 34.5 Å². The third-order valence-corrected chi connectivity index (χ3v) is 2.89. The lowest BCUT2D eigenvalue weighted by atomic mass is 9.95. The summed E-state index contributed by atoms with van der Waals surface area (Å²) in [6, 6.07) is 1.75. The Bertz CT molecular complexity index is 432. The van der Waals surface area contributed by atoms with Crippen LogP contribution in [0.25, 0.3) is 0 Å². The zero-order valence-electron chi connectivity index (χ0n) is 8.25. The van der Waals surface area contributed by atoms with E-state index in [-0.39, 0.29) is 11.1 Å². The van der Waals surface area contributed by atoms with E-state index in [4.69, 9.17) is 0 Å². The Labute approximate surface area is 82.4 Å². The molecule has 0 saturated heterocycles. The highest BCUT2D eigenvalue weighted by Gasteiger charge is 2.14. The van der Waals surface area contributed by atoms with Crippen LogP contribution in [0, 0.1) is 0 Å². The third-order valence-electron chi connectivity index (χ3n) is 2.89. The molecule has 2 rings (SSSR count). The predicted molar refractivity (Wildman–Crippen MR) is 53.7 cm³/mol. The van der Waals surface area contributed by atoms with Crippen molar-refractivity contribution in [2.24, 2.45) is 7.05 Å². The molecule has 0 aromatic carbocycles. The SMILES string of the molecule is Cn1c2c(cc(C=O)c1=O)CCCC2. The Morgan fingerprint density at radius 2 is 2.07 bits per heavy atom. The molecular formula is C11H13NO2. The minimum atomic E-state index is -0.166. The van der Waals surface area contributed by atoms with E-state index >= 15 is 0 Å². The average Bonchev–Trinajstić information content (AvgIpc) is 2.23. The lowest BCUT2D eigenvalue weighted by molar-refractivity contribution is 0.112. The molecule has 0 bridgehead atoms. The molecule has 0 unspecified atom stereocenters. The van der Waals surface area contributed by atoms with Crippen molar-refractivity contribution in [3.63, 3.8) is 0 Å². The maximum Gasteiger partial charge on any atom is 0.261 e. The first-order valence-electron chi connectivity index (χ1n) is 4.91. The molecule has 0 saturated carbocycles. The summed E-state index contributed by atoms with van der Waals surface area (Å²) in [6.45, 7) is 0. The Hall–Kier alpha value is -1.38. The van der Waals surface area contributed by atoms with Crippen LogP contribution in [-0.4, -0.2) is 10.9 Å². The van der Waals surface area contributed by atoms with Gasteiger partial charge in [0.15, 0.2) is 6.29 Å². The van der Waals surface area contributed by atoms with Gasteiger partial charge in [0.25, 0.3) is 5.56 Å². The fourth-order valence-corrected chi connectivity index (χ4v) is 2.10. The first-order chi connectivity index (χ1) is 6.74. The number of rotatable bonds is 1. The fraction of sp³-hybridized carbons (Fsp3) is 0.455. The number of aromatic nitrogens is 1. The van der Waals surface area contributed by atoms with Gasteiger partial charge in [0.05, 0.1) is 5.56 Å². The number of carbonyl (C=O) groups is 1. The van der Waals surface area contributed by atoms with E-state index in [1.807, 2.05) is 0 Å². The Morgan fingerprint density at radius 3 is 2.79 bits per heavy atom. The van der Waals surface area contributed by atoms with Crippen molar-refractivity contribution in [3.05, 3.63) is 33.2 Å². The van der Waals surface area contributed by atoms with Gasteiger partial charge >= 0.3 is 0 Å². The summed E-state index contributed by atoms with van der Waals surface area (Å²) in [5.74, 6) is 0. The summed E-state index contributed by atoms with van der Waals surface area (Å²) in [5, 5.41) is 0. The van der Waals surface area contributed by atoms with E-state index in [1.165, 1.54) is 5.56 Å². The number of pyridine rings is 1. The van der Waals surface area contributed by atoms with Crippen molar-refractivity contribution >= 4 is 6.29 Å². The van der Waals surface area contributed by atoms with E-state index in [2.05, 4.69) is 0 Å². The van der Waals surface area contributed by atoms with Crippen LogP contribution in [0.4, 0.5) is 0 Å². The zero-order valence-corrected chi connectivity index (χ0v) is 8.25. The summed E-state index contributed by atoms with van der Waals surface area (Å²) in [4.78, 5) is 22.3. The second-order valence-corrected chi connectivity index (χ2v) is 3.76. The van der Waals surface area contributed by atoms with Gasteiger partial charge < -0.3 is 4.57 Å². The minimum Gasteiger partial charge on any atom is -0.315 e. The van der Waals surface area contributed by atoms with Crippen molar-refractivity contribution in [2.45, 2.75) is 25.7 Å². The van der Waals surface area contributed by atoms with Crippen molar-refractivity contribution in [3.8, 4) is 0 Å². The van der Waals surface area contributed by atoms with Crippen molar-refractivity contribution in [2.75, 3.05) is 0 Å². The van der Waals surface area contributed by atoms with Gasteiger partial charge in [-0.05, 0) is 37.3 Å². The van der Waals surface area contributed by atoms with E-state index in [1.54, 1.807) is 17.7 Å². The van der Waals surface area contributed by atoms with Crippen molar-refractivity contribution in [1.29, 1.82) is 0 Å². The second-order valence-electron chi connectivity index (χ2n) is 3.76. The summed E-state index contributed by atoms with van der Waals surface area (Å²) < 4.78 is 1.62. The van der Waals surface area contributed by atoms with Crippen LogP contribution < -0.4 is 5.56 Å². The number of carbonyl (C=O) groups excluding carboxylic acids is 1. The molecule has 0 N–H and O–H groups in total. The first kappa shape index (κ1) is 9.19. The molecule has 0 amide bonds. The molecule has 0 spiro atoms. The van der Waals surface area contributed by atoms with Crippen LogP contribution in [-0.2, 0) is 19.9 Å². The Morgan fingerprint density at radius 1 is 1.36 bits per heavy atom. The minimum absolute atomic E-state index is 0.166. The highest BCUT2D eigenvalue weighted by molar-refractivity contribution is 5.74. The lowest BCUT2D eigenvalue weighted by Crippen LogP contribution is -2.27. The topological polar surface area (TPSA) is 39.1 Å². The highest BCUT2D eigenvalue weighted by Crippen LogP contribution is 2.19. The monoisotopic (exact) mass is 191 g/mol. The van der Waals surface area contributed by atoms with Crippen LogP contribution in [0.3, 0.4) is 0 Å². The molecule has 3 heteroatoms. The smallest absolute Gasteiger partial charge is 0.261 e. The van der Waals surface area contributed by atoms with Crippen LogP contribution in [0.5, 0.6) is 0 Å². The fourth-order valence-electron chi connectivity index (χ4n) is 2.10. The third kappa shape index (κ3) is 1.29. The van der Waals surface area contributed by atoms with Gasteiger partial charge in [-0.15, -0.1) is 0 Å². The summed E-state index contributed by atoms with van der Waals surface area (Å²) in [6.07, 6.45) is 4.89. The van der Waals surface area contributed by atoms with E-state index in [0.717, 1.165) is 31.4 Å². The van der Waals surface area contributed by atoms with Crippen LogP contribution in [0.2, 0.25) is 0 Å². The standard InChI is InChI=1S/C11H13NO2/c1-12-10-5-3-2-4-8(10)6-9(7-13)11(12)14/h6-7H,2-5H2,1H3. The number of hydrogen-bond donors (Lipinski definition) is 0. The molecule has 14 heavy (non-hydrogen) atoms. The Balaban J connectivity index is 2.68. The number of nitrogens with zero attached hydrogens (tertiary/aromatic N) is 1. The molecule has 1 heterocycles. The zero-order chi connectivity index (χ0) is 10.1. The molecule has 3 nitrogen and oxygen atoms in total. The van der Waals surface area contributed by atoms with Gasteiger partial charge in [-0.2, -0.15) is 0 Å². The lowest BCUT2D eigenvalue weighted by Gasteiger charge is -2.18. The van der Waals surface area contributed by atoms with Crippen molar-refractivity contribution < 1.29 is 4.79 Å². The predicted octanol–water partition coefficient (Wildman–Crippen LogP) is 1.08. The molecule has 0 radical (unpaired) electrons. The maximum absolute atomic E-state index is 11.6. The molecule has 0 atom stereocenters. The Kier molecular flexibility index (Phi) is 2.23. The van der Waals surface area contributed by atoms with Gasteiger partial charge in [-0.25, -0.2) is 0 Å². The first-order valence-corrected chi connectivity index (χ1v) is 4.91. The van der Waals surface area contributed by atoms with Crippen LogP contribution in [0.15, 0.2) is 10.9 Å². The normalized spacial score (nSPS) is 14.9. The molecule has 74 valence electrons. The molecule has 0 fully saturated rings. The van der Waals surface area contributed by atoms with Crippen LogP contribution >= 0.6 is 0 Å². The highest BCUT2D eigenvalue weighted by atomic mass is 16.1. The van der Waals surface area contributed by atoms with E-state index < -0.39 is 0 Å². The summed E-state index contributed by atoms with van der Waals surface area (Å²) in [5.41, 5.74) is 2.39. The van der Waals surface area contributed by atoms with Gasteiger partial charge in [0.1, 0.15) is 0 Å². The maximum atomic E-state index is 11.6.